The zero-order chi connectivity index (χ0) is 22.3. The van der Waals surface area contributed by atoms with E-state index in [1.165, 1.54) is 6.07 Å². The van der Waals surface area contributed by atoms with Crippen molar-refractivity contribution in [1.82, 2.24) is 5.32 Å². The van der Waals surface area contributed by atoms with Crippen LogP contribution < -0.4 is 10.1 Å². The lowest BCUT2D eigenvalue weighted by molar-refractivity contribution is -0.208. The maximum absolute atomic E-state index is 13.8. The Morgan fingerprint density at radius 3 is 2.14 bits per heavy atom. The molecule has 0 aliphatic heterocycles. The summed E-state index contributed by atoms with van der Waals surface area (Å²) in [6.07, 6.45) is -13.5. The van der Waals surface area contributed by atoms with Gasteiger partial charge < -0.3 is 15.2 Å². The summed E-state index contributed by atoms with van der Waals surface area (Å²) in [5, 5.41) is 19.0. The van der Waals surface area contributed by atoms with E-state index in [0.717, 1.165) is 24.3 Å². The largest absolute Gasteiger partial charge is 0.494 e. The Labute approximate surface area is 161 Å². The molecule has 0 fully saturated rings. The fourth-order valence-corrected chi connectivity index (χ4v) is 2.43. The van der Waals surface area contributed by atoms with E-state index in [1.807, 2.05) is 0 Å². The van der Waals surface area contributed by atoms with Crippen molar-refractivity contribution in [2.45, 2.75) is 43.6 Å². The number of carboxylic acids is 1. The van der Waals surface area contributed by atoms with Gasteiger partial charge in [-0.2, -0.15) is 31.6 Å². The van der Waals surface area contributed by atoms with Gasteiger partial charge in [0, 0.05) is 6.42 Å². The highest BCUT2D eigenvalue weighted by Gasteiger charge is 2.58. The summed E-state index contributed by atoms with van der Waals surface area (Å²) in [6.45, 7) is -0.336. The van der Waals surface area contributed by atoms with Gasteiger partial charge in [0.15, 0.2) is 5.54 Å². The quantitative estimate of drug-likeness (QED) is 0.464. The third-order valence-corrected chi connectivity index (χ3v) is 3.71. The van der Waals surface area contributed by atoms with Crippen LogP contribution in [0.1, 0.15) is 31.2 Å². The molecule has 1 aromatic rings. The molecule has 0 spiro atoms. The lowest BCUT2D eigenvalue weighted by Crippen LogP contribution is -2.57. The molecule has 2 N–H and O–H groups in total. The van der Waals surface area contributed by atoms with E-state index >= 15 is 0 Å². The molecule has 1 rings (SSSR count). The van der Waals surface area contributed by atoms with E-state index in [4.69, 9.17) is 15.1 Å². The predicted molar refractivity (Wildman–Crippen MR) is 85.6 cm³/mol. The number of ether oxygens (including phenoxy) is 1. The molecule has 12 heteroatoms. The molecular weight excluding hydrogens is 410 g/mol. The summed E-state index contributed by atoms with van der Waals surface area (Å²) < 4.78 is 82.6. The molecule has 0 aliphatic carbocycles. The third-order valence-electron chi connectivity index (χ3n) is 3.71. The lowest BCUT2D eigenvalue weighted by Gasteiger charge is -2.35. The molecule has 0 aromatic heterocycles. The van der Waals surface area contributed by atoms with Crippen LogP contribution in [0, 0.1) is 11.3 Å². The lowest BCUT2D eigenvalue weighted by atomic mass is 9.85. The first kappa shape index (κ1) is 24.1. The normalized spacial score (nSPS) is 13.8. The van der Waals surface area contributed by atoms with Crippen molar-refractivity contribution in [3.8, 4) is 11.8 Å². The van der Waals surface area contributed by atoms with Crippen LogP contribution in [0.4, 0.5) is 26.3 Å². The molecular formula is C17H16F6N2O4. The number of amides is 1. The second-order valence-corrected chi connectivity index (χ2v) is 5.95. The Morgan fingerprint density at radius 2 is 1.69 bits per heavy atom. The van der Waals surface area contributed by atoms with Crippen molar-refractivity contribution < 1.29 is 45.8 Å². The van der Waals surface area contributed by atoms with E-state index < -0.39 is 54.6 Å². The van der Waals surface area contributed by atoms with Gasteiger partial charge in [-0.1, -0.05) is 12.1 Å². The Morgan fingerprint density at radius 1 is 1.10 bits per heavy atom. The van der Waals surface area contributed by atoms with Crippen molar-refractivity contribution in [2.24, 2.45) is 0 Å². The van der Waals surface area contributed by atoms with Crippen LogP contribution >= 0.6 is 0 Å². The molecule has 29 heavy (non-hydrogen) atoms. The summed E-state index contributed by atoms with van der Waals surface area (Å²) in [4.78, 5) is 22.7. The minimum atomic E-state index is -5.23. The number of nitriles is 1. The van der Waals surface area contributed by atoms with Crippen molar-refractivity contribution in [3.63, 3.8) is 0 Å². The van der Waals surface area contributed by atoms with Gasteiger partial charge in [-0.25, -0.2) is 0 Å². The molecule has 0 radical (unpaired) electrons. The molecule has 0 aliphatic rings. The minimum Gasteiger partial charge on any atom is -0.494 e. The molecule has 6 nitrogen and oxygen atoms in total. The fraction of sp³-hybridized carbons (Fsp3) is 0.471. The average molecular weight is 426 g/mol. The van der Waals surface area contributed by atoms with E-state index in [1.54, 1.807) is 5.32 Å². The second-order valence-electron chi connectivity index (χ2n) is 5.95. The summed E-state index contributed by atoms with van der Waals surface area (Å²) in [5.74, 6) is -3.21. The minimum absolute atomic E-state index is 0.0364. The first-order valence-electron chi connectivity index (χ1n) is 8.07. The number of alkyl halides is 6. The fourth-order valence-electron chi connectivity index (χ4n) is 2.43. The first-order chi connectivity index (χ1) is 13.3. The van der Waals surface area contributed by atoms with Crippen LogP contribution in [-0.4, -0.2) is 35.9 Å². The van der Waals surface area contributed by atoms with Crippen LogP contribution in [0.3, 0.4) is 0 Å². The predicted octanol–water partition coefficient (Wildman–Crippen LogP) is 3.67. The number of carboxylic acid groups (broad SMARTS) is 1. The summed E-state index contributed by atoms with van der Waals surface area (Å²) in [6, 6.07) is 5.10. The Bertz CT molecular complexity index is 755. The molecule has 1 atom stereocenters. The van der Waals surface area contributed by atoms with Crippen molar-refractivity contribution in [2.75, 3.05) is 6.61 Å². The van der Waals surface area contributed by atoms with Crippen LogP contribution in [-0.2, 0) is 15.1 Å². The van der Waals surface area contributed by atoms with Crippen molar-refractivity contribution in [1.29, 1.82) is 5.26 Å². The molecule has 1 aromatic carbocycles. The number of halogens is 6. The zero-order valence-electron chi connectivity index (χ0n) is 14.7. The maximum atomic E-state index is 13.8. The van der Waals surface area contributed by atoms with E-state index in [0.29, 0.717) is 0 Å². The molecule has 0 heterocycles. The number of nitrogens with zero attached hydrogens (tertiary/aromatic N) is 1. The van der Waals surface area contributed by atoms with Gasteiger partial charge >= 0.3 is 18.3 Å². The SMILES string of the molecule is N#CCC(=O)NC(CC(=O)O)(c1ccc(OCCCC(F)(F)F)cc1)C(F)(F)F. The molecule has 1 unspecified atom stereocenters. The standard InChI is InChI=1S/C17H16F6N2O4/c18-16(19,20)7-1-9-29-12-4-2-11(3-5-12)15(10-14(27)28,17(21,22)23)25-13(26)6-8-24/h2-5H,1,6-7,9-10H2,(H,25,26)(H,27,28). The topological polar surface area (TPSA) is 99.4 Å². The van der Waals surface area contributed by atoms with E-state index in [9.17, 15) is 35.9 Å². The van der Waals surface area contributed by atoms with Gasteiger partial charge in [0.25, 0.3) is 0 Å². The maximum Gasteiger partial charge on any atom is 0.416 e. The smallest absolute Gasteiger partial charge is 0.416 e. The Kier molecular flexibility index (Phi) is 7.87. The van der Waals surface area contributed by atoms with Crippen LogP contribution in [0.25, 0.3) is 0 Å². The van der Waals surface area contributed by atoms with Gasteiger partial charge in [0.1, 0.15) is 12.2 Å². The molecule has 160 valence electrons. The number of hydrogen-bond donors (Lipinski definition) is 2. The first-order valence-corrected chi connectivity index (χ1v) is 8.07. The Hall–Kier alpha value is -2.97. The van der Waals surface area contributed by atoms with Gasteiger partial charge in [0.2, 0.25) is 5.91 Å². The summed E-state index contributed by atoms with van der Waals surface area (Å²) in [7, 11) is 0. The highest BCUT2D eigenvalue weighted by Crippen LogP contribution is 2.42. The van der Waals surface area contributed by atoms with E-state index in [2.05, 4.69) is 0 Å². The molecule has 0 bridgehead atoms. The van der Waals surface area contributed by atoms with Crippen molar-refractivity contribution in [3.05, 3.63) is 29.8 Å². The highest BCUT2D eigenvalue weighted by atomic mass is 19.4. The second kappa shape index (κ2) is 9.49. The molecule has 0 saturated carbocycles. The summed E-state index contributed by atoms with van der Waals surface area (Å²) >= 11 is 0. The van der Waals surface area contributed by atoms with Gasteiger partial charge in [-0.05, 0) is 24.1 Å². The summed E-state index contributed by atoms with van der Waals surface area (Å²) in [5.41, 5.74) is -3.94. The molecule has 0 saturated heterocycles. The Balaban J connectivity index is 3.11. The number of carbonyl (C=O) groups is 2. The number of hydrogen-bond acceptors (Lipinski definition) is 4. The van der Waals surface area contributed by atoms with Gasteiger partial charge in [-0.15, -0.1) is 0 Å². The number of aliphatic carboxylic acids is 1. The zero-order valence-corrected chi connectivity index (χ0v) is 14.7. The monoisotopic (exact) mass is 426 g/mol. The number of rotatable bonds is 9. The van der Waals surface area contributed by atoms with Crippen LogP contribution in [0.2, 0.25) is 0 Å². The van der Waals surface area contributed by atoms with Gasteiger partial charge in [0.05, 0.1) is 19.1 Å². The van der Waals surface area contributed by atoms with Crippen molar-refractivity contribution >= 4 is 11.9 Å². The van der Waals surface area contributed by atoms with E-state index in [-0.39, 0.29) is 18.8 Å². The number of nitrogens with one attached hydrogen (secondary N) is 1. The number of benzene rings is 1. The van der Waals surface area contributed by atoms with Crippen LogP contribution in [0.5, 0.6) is 5.75 Å². The molecule has 1 amide bonds. The van der Waals surface area contributed by atoms with Crippen LogP contribution in [0.15, 0.2) is 24.3 Å². The highest BCUT2D eigenvalue weighted by molar-refractivity contribution is 5.80. The average Bonchev–Trinajstić information content (AvgIpc) is 2.56. The number of carbonyl (C=O) groups excluding carboxylic acids is 1. The van der Waals surface area contributed by atoms with Gasteiger partial charge in [-0.3, -0.25) is 9.59 Å². The third kappa shape index (κ3) is 7.17.